The van der Waals surface area contributed by atoms with Gasteiger partial charge in [0, 0.05) is 12.5 Å². The van der Waals surface area contributed by atoms with E-state index in [1.54, 1.807) is 0 Å². The summed E-state index contributed by atoms with van der Waals surface area (Å²) in [6.07, 6.45) is 2.33. The summed E-state index contributed by atoms with van der Waals surface area (Å²) in [6.45, 7) is 10.6. The topological polar surface area (TPSA) is 58.2 Å². The van der Waals surface area contributed by atoms with Crippen LogP contribution in [0, 0.1) is 11.8 Å². The molecule has 0 aliphatic rings. The van der Waals surface area contributed by atoms with Gasteiger partial charge in [-0.25, -0.2) is 0 Å². The molecule has 0 aromatic carbocycles. The molecule has 4 heteroatoms. The van der Waals surface area contributed by atoms with Gasteiger partial charge in [0.1, 0.15) is 6.04 Å². The monoisotopic (exact) mass is 256 g/mol. The minimum Gasteiger partial charge on any atom is -0.354 e. The molecule has 2 N–H and O–H groups in total. The number of rotatable bonds is 8. The first-order valence-electron chi connectivity index (χ1n) is 7.05. The number of carbonyl (C=O) groups excluding carboxylic acids is 2. The summed E-state index contributed by atoms with van der Waals surface area (Å²) >= 11 is 0. The molecule has 0 rings (SSSR count). The molecule has 0 saturated carbocycles. The Morgan fingerprint density at radius 2 is 1.61 bits per heavy atom. The highest BCUT2D eigenvalue weighted by atomic mass is 16.2. The van der Waals surface area contributed by atoms with Crippen molar-refractivity contribution in [2.24, 2.45) is 11.8 Å². The molecule has 2 atom stereocenters. The van der Waals surface area contributed by atoms with E-state index < -0.39 is 6.04 Å². The SMILES string of the molecule is CCCNC(=O)C(CC)NC(=O)C(CC)C(C)C. The number of amides is 2. The molecule has 0 aromatic heterocycles. The minimum absolute atomic E-state index is 0.00833. The van der Waals surface area contributed by atoms with E-state index in [0.717, 1.165) is 12.8 Å². The first-order chi connectivity index (χ1) is 8.47. The van der Waals surface area contributed by atoms with Crippen LogP contribution < -0.4 is 10.6 Å². The van der Waals surface area contributed by atoms with Crippen LogP contribution in [0.1, 0.15) is 53.9 Å². The Morgan fingerprint density at radius 1 is 1.00 bits per heavy atom. The Balaban J connectivity index is 4.43. The van der Waals surface area contributed by atoms with Gasteiger partial charge in [0.2, 0.25) is 11.8 Å². The Labute approximate surface area is 111 Å². The molecule has 4 nitrogen and oxygen atoms in total. The average Bonchev–Trinajstić information content (AvgIpc) is 2.33. The third-order valence-corrected chi connectivity index (χ3v) is 3.17. The predicted octanol–water partition coefficient (Wildman–Crippen LogP) is 2.09. The van der Waals surface area contributed by atoms with Crippen molar-refractivity contribution in [3.05, 3.63) is 0 Å². The second-order valence-electron chi connectivity index (χ2n) is 5.02. The van der Waals surface area contributed by atoms with Crippen LogP contribution in [0.15, 0.2) is 0 Å². The smallest absolute Gasteiger partial charge is 0.242 e. The summed E-state index contributed by atoms with van der Waals surface area (Å²) in [7, 11) is 0. The van der Waals surface area contributed by atoms with Crippen LogP contribution >= 0.6 is 0 Å². The largest absolute Gasteiger partial charge is 0.354 e. The van der Waals surface area contributed by atoms with Gasteiger partial charge >= 0.3 is 0 Å². The lowest BCUT2D eigenvalue weighted by Crippen LogP contribution is -2.48. The van der Waals surface area contributed by atoms with E-state index in [4.69, 9.17) is 0 Å². The first kappa shape index (κ1) is 16.9. The maximum atomic E-state index is 12.1. The van der Waals surface area contributed by atoms with Gasteiger partial charge in [-0.1, -0.05) is 34.6 Å². The Morgan fingerprint density at radius 3 is 2.00 bits per heavy atom. The summed E-state index contributed by atoms with van der Waals surface area (Å²) in [5.74, 6) is 0.196. The number of carbonyl (C=O) groups is 2. The van der Waals surface area contributed by atoms with Crippen LogP contribution in [0.3, 0.4) is 0 Å². The lowest BCUT2D eigenvalue weighted by molar-refractivity contribution is -0.132. The van der Waals surface area contributed by atoms with Crippen LogP contribution in [-0.2, 0) is 9.59 Å². The van der Waals surface area contributed by atoms with Crippen LogP contribution in [0.2, 0.25) is 0 Å². The third-order valence-electron chi connectivity index (χ3n) is 3.17. The van der Waals surface area contributed by atoms with E-state index in [0.29, 0.717) is 18.9 Å². The third kappa shape index (κ3) is 5.52. The van der Waals surface area contributed by atoms with Crippen LogP contribution in [0.25, 0.3) is 0 Å². The molecule has 0 aliphatic heterocycles. The summed E-state index contributed by atoms with van der Waals surface area (Å²) < 4.78 is 0. The number of hydrogen-bond donors (Lipinski definition) is 2. The molecule has 106 valence electrons. The van der Waals surface area contributed by atoms with Gasteiger partial charge in [0.05, 0.1) is 0 Å². The second kappa shape index (κ2) is 8.95. The molecular weight excluding hydrogens is 228 g/mol. The van der Waals surface area contributed by atoms with E-state index >= 15 is 0 Å². The molecule has 18 heavy (non-hydrogen) atoms. The predicted molar refractivity (Wildman–Crippen MR) is 74.1 cm³/mol. The van der Waals surface area contributed by atoms with E-state index in [2.05, 4.69) is 10.6 Å². The standard InChI is InChI=1S/C14H28N2O2/c1-6-9-15-14(18)12(8-3)16-13(17)11(7-2)10(4)5/h10-12H,6-9H2,1-5H3,(H,15,18)(H,16,17). The van der Waals surface area contributed by atoms with Crippen molar-refractivity contribution in [3.8, 4) is 0 Å². The van der Waals surface area contributed by atoms with E-state index in [9.17, 15) is 9.59 Å². The number of nitrogens with one attached hydrogen (secondary N) is 2. The van der Waals surface area contributed by atoms with Crippen molar-refractivity contribution < 1.29 is 9.59 Å². The van der Waals surface area contributed by atoms with Crippen molar-refractivity contribution in [3.63, 3.8) is 0 Å². The lowest BCUT2D eigenvalue weighted by Gasteiger charge is -2.22. The van der Waals surface area contributed by atoms with Crippen LogP contribution in [0.4, 0.5) is 0 Å². The van der Waals surface area contributed by atoms with Gasteiger partial charge in [-0.3, -0.25) is 9.59 Å². The van der Waals surface area contributed by atoms with Crippen LogP contribution in [-0.4, -0.2) is 24.4 Å². The molecule has 0 bridgehead atoms. The minimum atomic E-state index is -0.406. The van der Waals surface area contributed by atoms with Crippen molar-refractivity contribution in [2.75, 3.05) is 6.54 Å². The molecule has 0 radical (unpaired) electrons. The Kier molecular flexibility index (Phi) is 8.42. The van der Waals surface area contributed by atoms with Gasteiger partial charge in [0.25, 0.3) is 0 Å². The highest BCUT2D eigenvalue weighted by Gasteiger charge is 2.24. The van der Waals surface area contributed by atoms with Crippen molar-refractivity contribution >= 4 is 11.8 Å². The van der Waals surface area contributed by atoms with E-state index in [1.165, 1.54) is 0 Å². The van der Waals surface area contributed by atoms with Crippen LogP contribution in [0.5, 0.6) is 0 Å². The summed E-state index contributed by atoms with van der Waals surface area (Å²) in [5, 5.41) is 5.68. The Hall–Kier alpha value is -1.06. The highest BCUT2D eigenvalue weighted by molar-refractivity contribution is 5.88. The molecular formula is C14H28N2O2. The fourth-order valence-corrected chi connectivity index (χ4v) is 1.96. The normalized spacial score (nSPS) is 14.1. The maximum Gasteiger partial charge on any atom is 0.242 e. The van der Waals surface area contributed by atoms with Gasteiger partial charge in [-0.05, 0) is 25.2 Å². The highest BCUT2D eigenvalue weighted by Crippen LogP contribution is 2.15. The fourth-order valence-electron chi connectivity index (χ4n) is 1.96. The molecule has 0 aromatic rings. The van der Waals surface area contributed by atoms with E-state index in [1.807, 2.05) is 34.6 Å². The summed E-state index contributed by atoms with van der Waals surface area (Å²) in [5.41, 5.74) is 0. The summed E-state index contributed by atoms with van der Waals surface area (Å²) in [6, 6.07) is -0.406. The van der Waals surface area contributed by atoms with E-state index in [-0.39, 0.29) is 17.7 Å². The molecule has 0 fully saturated rings. The lowest BCUT2D eigenvalue weighted by atomic mass is 9.92. The average molecular weight is 256 g/mol. The van der Waals surface area contributed by atoms with Crippen molar-refractivity contribution in [1.29, 1.82) is 0 Å². The molecule has 2 unspecified atom stereocenters. The molecule has 0 spiro atoms. The van der Waals surface area contributed by atoms with Crippen molar-refractivity contribution in [1.82, 2.24) is 10.6 Å². The molecule has 0 aliphatic carbocycles. The van der Waals surface area contributed by atoms with Crippen molar-refractivity contribution in [2.45, 2.75) is 59.9 Å². The quantitative estimate of drug-likeness (QED) is 0.698. The van der Waals surface area contributed by atoms with Gasteiger partial charge in [-0.2, -0.15) is 0 Å². The first-order valence-corrected chi connectivity index (χ1v) is 7.05. The molecule has 2 amide bonds. The zero-order valence-corrected chi connectivity index (χ0v) is 12.4. The molecule has 0 heterocycles. The van der Waals surface area contributed by atoms with Gasteiger partial charge in [0.15, 0.2) is 0 Å². The molecule has 0 saturated heterocycles. The summed E-state index contributed by atoms with van der Waals surface area (Å²) in [4.78, 5) is 23.9. The maximum absolute atomic E-state index is 12.1. The zero-order valence-electron chi connectivity index (χ0n) is 12.4. The fraction of sp³-hybridized carbons (Fsp3) is 0.857. The number of hydrogen-bond acceptors (Lipinski definition) is 2. The van der Waals surface area contributed by atoms with Gasteiger partial charge < -0.3 is 10.6 Å². The second-order valence-corrected chi connectivity index (χ2v) is 5.02. The zero-order chi connectivity index (χ0) is 14.1. The Bertz CT molecular complexity index is 265. The van der Waals surface area contributed by atoms with Gasteiger partial charge in [-0.15, -0.1) is 0 Å².